The third-order valence-corrected chi connectivity index (χ3v) is 3.28. The molecule has 0 saturated carbocycles. The molecule has 0 heterocycles. The molecule has 3 heteroatoms. The van der Waals surface area contributed by atoms with E-state index in [0.29, 0.717) is 12.1 Å². The van der Waals surface area contributed by atoms with Gasteiger partial charge in [0.25, 0.3) is 5.91 Å². The van der Waals surface area contributed by atoms with Crippen molar-refractivity contribution in [2.45, 2.75) is 13.5 Å². The lowest BCUT2D eigenvalue weighted by atomic mass is 10.1. The van der Waals surface area contributed by atoms with Gasteiger partial charge in [0.05, 0.1) is 5.56 Å². The second-order valence-corrected chi connectivity index (χ2v) is 4.95. The summed E-state index contributed by atoms with van der Waals surface area (Å²) in [7, 11) is 3.66. The summed E-state index contributed by atoms with van der Waals surface area (Å²) < 4.78 is 0. The molecule has 3 nitrogen and oxygen atoms in total. The summed E-state index contributed by atoms with van der Waals surface area (Å²) in [6.07, 6.45) is 0. The van der Waals surface area contributed by atoms with Gasteiger partial charge < -0.3 is 10.2 Å². The maximum atomic E-state index is 12.6. The van der Waals surface area contributed by atoms with Crippen LogP contribution in [-0.4, -0.2) is 24.9 Å². The van der Waals surface area contributed by atoms with Crippen LogP contribution in [0.2, 0.25) is 0 Å². The van der Waals surface area contributed by atoms with Crippen molar-refractivity contribution in [1.29, 1.82) is 0 Å². The van der Waals surface area contributed by atoms with Gasteiger partial charge in [-0.15, -0.1) is 0 Å². The van der Waals surface area contributed by atoms with Crippen LogP contribution in [0.5, 0.6) is 0 Å². The van der Waals surface area contributed by atoms with E-state index in [2.05, 4.69) is 5.32 Å². The Labute approximate surface area is 120 Å². The quantitative estimate of drug-likeness (QED) is 0.922. The summed E-state index contributed by atoms with van der Waals surface area (Å²) in [6.45, 7) is 2.60. The van der Waals surface area contributed by atoms with Crippen LogP contribution in [0.4, 0.5) is 5.69 Å². The maximum Gasteiger partial charge on any atom is 0.256 e. The molecular weight excluding hydrogens is 248 g/mol. The monoisotopic (exact) mass is 268 g/mol. The number of aryl methyl sites for hydroxylation is 1. The molecule has 0 fully saturated rings. The van der Waals surface area contributed by atoms with Gasteiger partial charge in [-0.3, -0.25) is 4.79 Å². The predicted molar refractivity (Wildman–Crippen MR) is 83.0 cm³/mol. The van der Waals surface area contributed by atoms with Crippen LogP contribution in [-0.2, 0) is 6.54 Å². The molecule has 0 radical (unpaired) electrons. The minimum atomic E-state index is 0.0295. The Morgan fingerprint density at radius 2 is 1.85 bits per heavy atom. The highest BCUT2D eigenvalue weighted by Crippen LogP contribution is 2.19. The molecule has 0 atom stereocenters. The van der Waals surface area contributed by atoms with E-state index in [-0.39, 0.29) is 5.91 Å². The molecular formula is C17H20N2O. The minimum Gasteiger partial charge on any atom is -0.387 e. The van der Waals surface area contributed by atoms with Gasteiger partial charge in [-0.05, 0) is 24.6 Å². The Morgan fingerprint density at radius 1 is 1.15 bits per heavy atom. The molecule has 20 heavy (non-hydrogen) atoms. The van der Waals surface area contributed by atoms with Gasteiger partial charge in [0, 0.05) is 26.3 Å². The second kappa shape index (κ2) is 6.24. The van der Waals surface area contributed by atoms with Gasteiger partial charge in [-0.25, -0.2) is 0 Å². The van der Waals surface area contributed by atoms with Gasteiger partial charge in [0.2, 0.25) is 0 Å². The van der Waals surface area contributed by atoms with Crippen molar-refractivity contribution in [2.75, 3.05) is 19.4 Å². The highest BCUT2D eigenvalue weighted by atomic mass is 16.2. The second-order valence-electron chi connectivity index (χ2n) is 4.95. The van der Waals surface area contributed by atoms with Crippen LogP contribution in [0.15, 0.2) is 48.5 Å². The SMILES string of the molecule is CNc1ccc(C)cc1C(=O)N(C)Cc1ccccc1. The van der Waals surface area contributed by atoms with Crippen molar-refractivity contribution in [2.24, 2.45) is 0 Å². The van der Waals surface area contributed by atoms with Crippen molar-refractivity contribution in [3.63, 3.8) is 0 Å². The van der Waals surface area contributed by atoms with Crippen LogP contribution in [0.1, 0.15) is 21.5 Å². The number of hydrogen-bond acceptors (Lipinski definition) is 2. The van der Waals surface area contributed by atoms with E-state index in [1.807, 2.05) is 69.6 Å². The smallest absolute Gasteiger partial charge is 0.256 e. The molecule has 104 valence electrons. The largest absolute Gasteiger partial charge is 0.387 e. The molecule has 0 aromatic heterocycles. The van der Waals surface area contributed by atoms with Gasteiger partial charge >= 0.3 is 0 Å². The zero-order valence-corrected chi connectivity index (χ0v) is 12.2. The van der Waals surface area contributed by atoms with Crippen molar-refractivity contribution in [3.8, 4) is 0 Å². The van der Waals surface area contributed by atoms with Gasteiger partial charge in [0.1, 0.15) is 0 Å². The fourth-order valence-corrected chi connectivity index (χ4v) is 2.19. The number of rotatable bonds is 4. The van der Waals surface area contributed by atoms with E-state index in [0.717, 1.165) is 16.8 Å². The highest BCUT2D eigenvalue weighted by Gasteiger charge is 2.15. The Bertz CT molecular complexity index is 593. The van der Waals surface area contributed by atoms with Crippen molar-refractivity contribution in [3.05, 3.63) is 65.2 Å². The first-order chi connectivity index (χ1) is 9.61. The van der Waals surface area contributed by atoms with Gasteiger partial charge in [-0.1, -0.05) is 42.0 Å². The third kappa shape index (κ3) is 3.18. The lowest BCUT2D eigenvalue weighted by molar-refractivity contribution is 0.0786. The first kappa shape index (κ1) is 14.1. The van der Waals surface area contributed by atoms with Crippen molar-refractivity contribution >= 4 is 11.6 Å². The first-order valence-electron chi connectivity index (χ1n) is 6.69. The number of hydrogen-bond donors (Lipinski definition) is 1. The Morgan fingerprint density at radius 3 is 2.50 bits per heavy atom. The third-order valence-electron chi connectivity index (χ3n) is 3.28. The lowest BCUT2D eigenvalue weighted by Gasteiger charge is -2.19. The molecule has 0 aliphatic rings. The molecule has 2 aromatic carbocycles. The molecule has 0 aliphatic heterocycles. The number of benzene rings is 2. The first-order valence-corrected chi connectivity index (χ1v) is 6.69. The molecule has 0 unspecified atom stereocenters. The van der Waals surface area contributed by atoms with E-state index in [9.17, 15) is 4.79 Å². The molecule has 1 amide bonds. The van der Waals surface area contributed by atoms with Crippen LogP contribution in [0, 0.1) is 6.92 Å². The standard InChI is InChI=1S/C17H20N2O/c1-13-9-10-16(18-2)15(11-13)17(20)19(3)12-14-7-5-4-6-8-14/h4-11,18H,12H2,1-3H3. The topological polar surface area (TPSA) is 32.3 Å². The van der Waals surface area contributed by atoms with E-state index < -0.39 is 0 Å². The zero-order chi connectivity index (χ0) is 14.5. The Kier molecular flexibility index (Phi) is 4.41. The Balaban J connectivity index is 2.20. The average molecular weight is 268 g/mol. The molecule has 0 spiro atoms. The molecule has 2 aromatic rings. The number of nitrogens with zero attached hydrogens (tertiary/aromatic N) is 1. The number of nitrogens with one attached hydrogen (secondary N) is 1. The molecule has 0 bridgehead atoms. The van der Waals surface area contributed by atoms with Crippen LogP contribution >= 0.6 is 0 Å². The lowest BCUT2D eigenvalue weighted by Crippen LogP contribution is -2.27. The van der Waals surface area contributed by atoms with E-state index in [1.54, 1.807) is 4.90 Å². The van der Waals surface area contributed by atoms with E-state index in [4.69, 9.17) is 0 Å². The highest BCUT2D eigenvalue weighted by molar-refractivity contribution is 5.99. The van der Waals surface area contributed by atoms with E-state index >= 15 is 0 Å². The summed E-state index contributed by atoms with van der Waals surface area (Å²) in [5, 5.41) is 3.07. The molecule has 0 aliphatic carbocycles. The summed E-state index contributed by atoms with van der Waals surface area (Å²) >= 11 is 0. The zero-order valence-electron chi connectivity index (χ0n) is 12.2. The number of anilines is 1. The van der Waals surface area contributed by atoms with Crippen molar-refractivity contribution < 1.29 is 4.79 Å². The van der Waals surface area contributed by atoms with Crippen LogP contribution in [0.3, 0.4) is 0 Å². The fraction of sp³-hybridized carbons (Fsp3) is 0.235. The molecule has 0 saturated heterocycles. The van der Waals surface area contributed by atoms with Gasteiger partial charge in [-0.2, -0.15) is 0 Å². The summed E-state index contributed by atoms with van der Waals surface area (Å²) in [4.78, 5) is 14.3. The molecule has 1 N–H and O–H groups in total. The summed E-state index contributed by atoms with van der Waals surface area (Å²) in [5.74, 6) is 0.0295. The Hall–Kier alpha value is -2.29. The summed E-state index contributed by atoms with van der Waals surface area (Å²) in [6, 6.07) is 15.9. The fourth-order valence-electron chi connectivity index (χ4n) is 2.19. The van der Waals surface area contributed by atoms with Crippen molar-refractivity contribution in [1.82, 2.24) is 4.90 Å². The minimum absolute atomic E-state index is 0.0295. The predicted octanol–water partition coefficient (Wildman–Crippen LogP) is 3.31. The number of carbonyl (C=O) groups excluding carboxylic acids is 1. The number of amides is 1. The van der Waals surface area contributed by atoms with Crippen LogP contribution in [0.25, 0.3) is 0 Å². The normalized spacial score (nSPS) is 10.2. The van der Waals surface area contributed by atoms with Crippen LogP contribution < -0.4 is 5.32 Å². The maximum absolute atomic E-state index is 12.6. The average Bonchev–Trinajstić information content (AvgIpc) is 2.47. The van der Waals surface area contributed by atoms with Gasteiger partial charge in [0.15, 0.2) is 0 Å². The summed E-state index contributed by atoms with van der Waals surface area (Å²) in [5.41, 5.74) is 3.79. The molecule has 2 rings (SSSR count). The number of carbonyl (C=O) groups is 1. The van der Waals surface area contributed by atoms with E-state index in [1.165, 1.54) is 0 Å².